The van der Waals surface area contributed by atoms with Crippen LogP contribution < -0.4 is 5.32 Å². The van der Waals surface area contributed by atoms with Crippen LogP contribution in [0.5, 0.6) is 0 Å². The Morgan fingerprint density at radius 2 is 1.63 bits per heavy atom. The second-order valence-corrected chi connectivity index (χ2v) is 5.75. The predicted octanol–water partition coefficient (Wildman–Crippen LogP) is 3.96. The minimum Gasteiger partial charge on any atom is -0.459 e. The number of hydrogen-bond donors (Lipinski definition) is 1. The zero-order valence-corrected chi connectivity index (χ0v) is 14.5. The largest absolute Gasteiger partial charge is 0.459 e. The fourth-order valence-corrected chi connectivity index (χ4v) is 2.48. The van der Waals surface area contributed by atoms with Crippen LogP contribution in [0, 0.1) is 0 Å². The smallest absolute Gasteiger partial charge is 0.340 e. The number of carbonyl (C=O) groups excluding carboxylic acids is 3. The zero-order chi connectivity index (χ0) is 19.2. The molecule has 0 saturated heterocycles. The predicted molar refractivity (Wildman–Crippen MR) is 98.8 cm³/mol. The van der Waals surface area contributed by atoms with Crippen LogP contribution in [0.15, 0.2) is 77.4 Å². The van der Waals surface area contributed by atoms with Crippen LogP contribution in [-0.2, 0) is 4.74 Å². The van der Waals surface area contributed by atoms with Gasteiger partial charge in [-0.05, 0) is 31.2 Å². The van der Waals surface area contributed by atoms with E-state index in [-0.39, 0.29) is 22.8 Å². The van der Waals surface area contributed by atoms with Gasteiger partial charge in [0.2, 0.25) is 5.78 Å². The second-order valence-electron chi connectivity index (χ2n) is 5.75. The molecular weight excluding hydrogens is 346 g/mol. The third-order valence-corrected chi connectivity index (χ3v) is 3.85. The molecule has 6 heteroatoms. The van der Waals surface area contributed by atoms with E-state index in [4.69, 9.17) is 9.15 Å². The summed E-state index contributed by atoms with van der Waals surface area (Å²) in [5.74, 6) is -1.39. The molecule has 0 radical (unpaired) electrons. The third-order valence-electron chi connectivity index (χ3n) is 3.85. The summed E-state index contributed by atoms with van der Waals surface area (Å²) < 4.78 is 10.3. The maximum absolute atomic E-state index is 12.5. The summed E-state index contributed by atoms with van der Waals surface area (Å²) in [6.07, 6.45) is 0.417. The lowest BCUT2D eigenvalue weighted by Crippen LogP contribution is -2.25. The molecule has 3 rings (SSSR count). The van der Waals surface area contributed by atoms with Crippen molar-refractivity contribution in [3.8, 4) is 0 Å². The van der Waals surface area contributed by atoms with Crippen LogP contribution in [0.3, 0.4) is 0 Å². The molecule has 27 heavy (non-hydrogen) atoms. The van der Waals surface area contributed by atoms with Gasteiger partial charge in [0.05, 0.1) is 17.5 Å². The minimum absolute atomic E-state index is 0.116. The SMILES string of the molecule is C[C@@H](OC(=O)c1ccccc1NC(=O)c1ccco1)C(=O)c1ccccc1. The van der Waals surface area contributed by atoms with E-state index in [2.05, 4.69) is 5.32 Å². The number of rotatable bonds is 6. The summed E-state index contributed by atoms with van der Waals surface area (Å²) in [7, 11) is 0. The van der Waals surface area contributed by atoms with E-state index in [1.807, 2.05) is 0 Å². The van der Waals surface area contributed by atoms with Crippen LogP contribution in [-0.4, -0.2) is 23.8 Å². The molecule has 136 valence electrons. The number of nitrogens with one attached hydrogen (secondary N) is 1. The first-order chi connectivity index (χ1) is 13.1. The van der Waals surface area contributed by atoms with Crippen molar-refractivity contribution in [1.82, 2.24) is 0 Å². The first kappa shape index (κ1) is 18.1. The van der Waals surface area contributed by atoms with E-state index in [0.29, 0.717) is 5.56 Å². The molecular formula is C21H17NO5. The van der Waals surface area contributed by atoms with Crippen molar-refractivity contribution in [3.05, 3.63) is 89.9 Å². The van der Waals surface area contributed by atoms with Gasteiger partial charge in [-0.3, -0.25) is 9.59 Å². The number of benzene rings is 2. The maximum atomic E-state index is 12.5. The van der Waals surface area contributed by atoms with Crippen molar-refractivity contribution >= 4 is 23.3 Å². The molecule has 0 aliphatic rings. The highest BCUT2D eigenvalue weighted by Gasteiger charge is 2.22. The van der Waals surface area contributed by atoms with Crippen LogP contribution in [0.1, 0.15) is 38.2 Å². The van der Waals surface area contributed by atoms with Crippen molar-refractivity contribution in [2.24, 2.45) is 0 Å². The van der Waals surface area contributed by atoms with Gasteiger partial charge in [-0.1, -0.05) is 42.5 Å². The molecule has 0 saturated carbocycles. The Morgan fingerprint density at radius 3 is 2.33 bits per heavy atom. The normalized spacial score (nSPS) is 11.4. The quantitative estimate of drug-likeness (QED) is 0.529. The molecule has 1 amide bonds. The number of hydrogen-bond acceptors (Lipinski definition) is 5. The average molecular weight is 363 g/mol. The zero-order valence-electron chi connectivity index (χ0n) is 14.5. The molecule has 0 aliphatic carbocycles. The van der Waals surface area contributed by atoms with Gasteiger partial charge in [-0.15, -0.1) is 0 Å². The number of furan rings is 1. The number of ether oxygens (including phenoxy) is 1. The minimum atomic E-state index is -0.964. The molecule has 1 aromatic heterocycles. The van der Waals surface area contributed by atoms with Crippen LogP contribution in [0.2, 0.25) is 0 Å². The Balaban J connectivity index is 1.73. The van der Waals surface area contributed by atoms with Gasteiger partial charge in [0.1, 0.15) is 0 Å². The molecule has 0 unspecified atom stereocenters. The molecule has 0 aliphatic heterocycles. The van der Waals surface area contributed by atoms with Crippen molar-refractivity contribution in [2.45, 2.75) is 13.0 Å². The van der Waals surface area contributed by atoms with Crippen LogP contribution >= 0.6 is 0 Å². The van der Waals surface area contributed by atoms with E-state index in [9.17, 15) is 14.4 Å². The standard InChI is InChI=1S/C21H17NO5/c1-14(19(23)15-8-3-2-4-9-15)27-21(25)16-10-5-6-11-17(16)22-20(24)18-12-7-13-26-18/h2-14H,1H3,(H,22,24)/t14-/m1/s1. The topological polar surface area (TPSA) is 85.6 Å². The van der Waals surface area contributed by atoms with Gasteiger partial charge in [0.25, 0.3) is 5.91 Å². The van der Waals surface area contributed by atoms with E-state index in [1.54, 1.807) is 54.6 Å². The Labute approximate surface area is 155 Å². The summed E-state index contributed by atoms with van der Waals surface area (Å²) in [6, 6.07) is 18.1. The lowest BCUT2D eigenvalue weighted by Gasteiger charge is -2.14. The average Bonchev–Trinajstić information content (AvgIpc) is 3.23. The highest BCUT2D eigenvalue weighted by Crippen LogP contribution is 2.19. The molecule has 1 N–H and O–H groups in total. The summed E-state index contributed by atoms with van der Waals surface area (Å²) in [5.41, 5.74) is 0.866. The van der Waals surface area contributed by atoms with Crippen LogP contribution in [0.25, 0.3) is 0 Å². The molecule has 3 aromatic rings. The summed E-state index contributed by atoms with van der Waals surface area (Å²) in [5, 5.41) is 2.61. The monoisotopic (exact) mass is 363 g/mol. The van der Waals surface area contributed by atoms with Gasteiger partial charge in [0.15, 0.2) is 11.9 Å². The van der Waals surface area contributed by atoms with E-state index in [0.717, 1.165) is 0 Å². The van der Waals surface area contributed by atoms with Gasteiger partial charge in [-0.25, -0.2) is 4.79 Å². The molecule has 1 atom stereocenters. The van der Waals surface area contributed by atoms with E-state index >= 15 is 0 Å². The number of anilines is 1. The molecule has 0 fully saturated rings. The number of Topliss-reactive ketones (excluding diaryl/α,β-unsaturated/α-hetero) is 1. The second kappa shape index (κ2) is 8.14. The lowest BCUT2D eigenvalue weighted by atomic mass is 10.1. The highest BCUT2D eigenvalue weighted by atomic mass is 16.5. The molecule has 0 bridgehead atoms. The molecule has 2 aromatic carbocycles. The number of carbonyl (C=O) groups is 3. The summed E-state index contributed by atoms with van der Waals surface area (Å²) in [6.45, 7) is 1.51. The fraction of sp³-hybridized carbons (Fsp3) is 0.0952. The Bertz CT molecular complexity index is 948. The summed E-state index contributed by atoms with van der Waals surface area (Å²) >= 11 is 0. The Hall–Kier alpha value is -3.67. The van der Waals surface area contributed by atoms with Gasteiger partial charge in [0, 0.05) is 5.56 Å². The van der Waals surface area contributed by atoms with E-state index < -0.39 is 18.0 Å². The number of esters is 1. The van der Waals surface area contributed by atoms with Gasteiger partial charge < -0.3 is 14.5 Å². The van der Waals surface area contributed by atoms with Crippen molar-refractivity contribution < 1.29 is 23.5 Å². The van der Waals surface area contributed by atoms with Gasteiger partial charge >= 0.3 is 5.97 Å². The Kier molecular flexibility index (Phi) is 5.47. The molecule has 0 spiro atoms. The van der Waals surface area contributed by atoms with Crippen molar-refractivity contribution in [1.29, 1.82) is 0 Å². The first-order valence-electron chi connectivity index (χ1n) is 8.30. The number of ketones is 1. The van der Waals surface area contributed by atoms with Crippen molar-refractivity contribution in [3.63, 3.8) is 0 Å². The molecule has 1 heterocycles. The van der Waals surface area contributed by atoms with Crippen molar-refractivity contribution in [2.75, 3.05) is 5.32 Å². The van der Waals surface area contributed by atoms with Gasteiger partial charge in [-0.2, -0.15) is 0 Å². The lowest BCUT2D eigenvalue weighted by molar-refractivity contribution is 0.0320. The Morgan fingerprint density at radius 1 is 0.926 bits per heavy atom. The summed E-state index contributed by atoms with van der Waals surface area (Å²) in [4.78, 5) is 37.1. The number of amides is 1. The fourth-order valence-electron chi connectivity index (χ4n) is 2.48. The maximum Gasteiger partial charge on any atom is 0.340 e. The third kappa shape index (κ3) is 4.30. The number of para-hydroxylation sites is 1. The first-order valence-corrected chi connectivity index (χ1v) is 8.30. The van der Waals surface area contributed by atoms with Crippen LogP contribution in [0.4, 0.5) is 5.69 Å². The molecule has 6 nitrogen and oxygen atoms in total. The highest BCUT2D eigenvalue weighted by molar-refractivity contribution is 6.07. The van der Waals surface area contributed by atoms with E-state index in [1.165, 1.54) is 25.3 Å².